The van der Waals surface area contributed by atoms with Crippen LogP contribution in [0.3, 0.4) is 0 Å². The quantitative estimate of drug-likeness (QED) is 0.693. The van der Waals surface area contributed by atoms with E-state index in [1.165, 1.54) is 7.11 Å². The van der Waals surface area contributed by atoms with Gasteiger partial charge in [-0.1, -0.05) is 13.8 Å². The predicted octanol–water partition coefficient (Wildman–Crippen LogP) is 2.09. The molecule has 1 aromatic heterocycles. The Bertz CT molecular complexity index is 339. The topological polar surface area (TPSA) is 45.9 Å². The van der Waals surface area contributed by atoms with Crippen LogP contribution in [0.4, 0.5) is 0 Å². The summed E-state index contributed by atoms with van der Waals surface area (Å²) >= 11 is 0. The van der Waals surface area contributed by atoms with E-state index < -0.39 is 0 Å². The minimum Gasteiger partial charge on any atom is -0.494 e. The van der Waals surface area contributed by atoms with Crippen LogP contribution in [0, 0.1) is 11.3 Å². The zero-order chi connectivity index (χ0) is 9.84. The number of methoxy groups -OCH3 is 1. The van der Waals surface area contributed by atoms with Crippen LogP contribution in [0.2, 0.25) is 0 Å². The Labute approximate surface area is 78.0 Å². The van der Waals surface area contributed by atoms with Crippen LogP contribution in [-0.4, -0.2) is 12.1 Å². The van der Waals surface area contributed by atoms with Crippen LogP contribution in [-0.2, 0) is 0 Å². The molecule has 13 heavy (non-hydrogen) atoms. The molecule has 0 unspecified atom stereocenters. The highest BCUT2D eigenvalue weighted by molar-refractivity contribution is 5.42. The fraction of sp³-hybridized carbons (Fsp3) is 0.400. The van der Waals surface area contributed by atoms with Gasteiger partial charge in [-0.05, 0) is 12.0 Å². The maximum Gasteiger partial charge on any atom is 0.154 e. The van der Waals surface area contributed by atoms with Crippen molar-refractivity contribution in [1.29, 1.82) is 5.26 Å². The average molecular weight is 176 g/mol. The summed E-state index contributed by atoms with van der Waals surface area (Å²) in [5, 5.41) is 8.80. The van der Waals surface area contributed by atoms with E-state index in [1.807, 2.05) is 13.8 Å². The maximum absolute atomic E-state index is 8.80. The van der Waals surface area contributed by atoms with Crippen LogP contribution in [0.25, 0.3) is 0 Å². The van der Waals surface area contributed by atoms with Gasteiger partial charge in [-0.3, -0.25) is 4.98 Å². The monoisotopic (exact) mass is 176 g/mol. The molecule has 1 rings (SSSR count). The Kier molecular flexibility index (Phi) is 2.86. The number of rotatable bonds is 2. The van der Waals surface area contributed by atoms with E-state index >= 15 is 0 Å². The molecule has 3 heteroatoms. The molecule has 0 saturated heterocycles. The molecule has 0 saturated carbocycles. The summed E-state index contributed by atoms with van der Waals surface area (Å²) in [6.07, 6.45) is 1.59. The summed E-state index contributed by atoms with van der Waals surface area (Å²) < 4.78 is 4.99. The van der Waals surface area contributed by atoms with Gasteiger partial charge in [-0.15, -0.1) is 0 Å². The van der Waals surface area contributed by atoms with E-state index in [9.17, 15) is 0 Å². The van der Waals surface area contributed by atoms with E-state index in [1.54, 1.807) is 12.3 Å². The van der Waals surface area contributed by atoms with Crippen molar-refractivity contribution in [3.8, 4) is 11.8 Å². The van der Waals surface area contributed by atoms with Gasteiger partial charge in [0.2, 0.25) is 0 Å². The smallest absolute Gasteiger partial charge is 0.154 e. The van der Waals surface area contributed by atoms with Crippen molar-refractivity contribution in [2.45, 2.75) is 19.8 Å². The molecular weight excluding hydrogens is 164 g/mol. The minimum atomic E-state index is 0.331. The van der Waals surface area contributed by atoms with Crippen LogP contribution < -0.4 is 4.74 Å². The van der Waals surface area contributed by atoms with Crippen molar-refractivity contribution >= 4 is 0 Å². The first-order valence-corrected chi connectivity index (χ1v) is 4.13. The zero-order valence-corrected chi connectivity index (χ0v) is 8.03. The summed E-state index contributed by atoms with van der Waals surface area (Å²) in [5.41, 5.74) is 1.46. The average Bonchev–Trinajstić information content (AvgIpc) is 2.16. The van der Waals surface area contributed by atoms with Crippen molar-refractivity contribution in [2.75, 3.05) is 7.11 Å². The van der Waals surface area contributed by atoms with E-state index in [0.29, 0.717) is 17.2 Å². The second-order valence-electron chi connectivity index (χ2n) is 3.08. The van der Waals surface area contributed by atoms with Gasteiger partial charge in [0.25, 0.3) is 0 Å². The lowest BCUT2D eigenvalue weighted by Gasteiger charge is -2.06. The van der Waals surface area contributed by atoms with Gasteiger partial charge < -0.3 is 4.74 Å². The Morgan fingerprint density at radius 2 is 2.23 bits per heavy atom. The molecule has 0 aromatic carbocycles. The summed E-state index contributed by atoms with van der Waals surface area (Å²) in [6, 6.07) is 3.84. The second-order valence-corrected chi connectivity index (χ2v) is 3.08. The van der Waals surface area contributed by atoms with E-state index in [2.05, 4.69) is 11.1 Å². The Morgan fingerprint density at radius 3 is 2.69 bits per heavy atom. The first-order valence-electron chi connectivity index (χ1n) is 4.13. The normalized spacial score (nSPS) is 9.77. The van der Waals surface area contributed by atoms with E-state index in [-0.39, 0.29) is 0 Å². The second kappa shape index (κ2) is 3.90. The lowest BCUT2D eigenvalue weighted by atomic mass is 10.1. The molecule has 0 spiro atoms. The molecule has 1 aromatic rings. The van der Waals surface area contributed by atoms with Gasteiger partial charge >= 0.3 is 0 Å². The molecule has 0 atom stereocenters. The first kappa shape index (κ1) is 9.53. The summed E-state index contributed by atoms with van der Waals surface area (Å²) in [6.45, 7) is 4.08. The van der Waals surface area contributed by atoms with Crippen LogP contribution in [0.5, 0.6) is 5.75 Å². The van der Waals surface area contributed by atoms with Crippen molar-refractivity contribution < 1.29 is 4.74 Å². The molecule has 0 radical (unpaired) electrons. The van der Waals surface area contributed by atoms with E-state index in [4.69, 9.17) is 10.00 Å². The number of pyridine rings is 1. The molecule has 0 aliphatic carbocycles. The molecule has 0 amide bonds. The molecule has 0 N–H and O–H groups in total. The minimum absolute atomic E-state index is 0.331. The van der Waals surface area contributed by atoms with Gasteiger partial charge in [0, 0.05) is 5.69 Å². The van der Waals surface area contributed by atoms with Gasteiger partial charge in [0.15, 0.2) is 5.75 Å². The fourth-order valence-electron chi connectivity index (χ4n) is 1.02. The van der Waals surface area contributed by atoms with Crippen LogP contribution in [0.15, 0.2) is 12.3 Å². The van der Waals surface area contributed by atoms with Crippen molar-refractivity contribution in [3.63, 3.8) is 0 Å². The highest BCUT2D eigenvalue weighted by Gasteiger charge is 2.06. The Hall–Kier alpha value is -1.56. The van der Waals surface area contributed by atoms with Gasteiger partial charge in [-0.2, -0.15) is 5.26 Å². The number of ether oxygens (including phenoxy) is 1. The third-order valence-corrected chi connectivity index (χ3v) is 1.82. The standard InChI is InChI=1S/C10H12N2O/c1-7(2)9-4-8(5-11)10(13-3)6-12-9/h4,6-7H,1-3H3. The highest BCUT2D eigenvalue weighted by Crippen LogP contribution is 2.20. The predicted molar refractivity (Wildman–Crippen MR) is 49.6 cm³/mol. The lowest BCUT2D eigenvalue weighted by Crippen LogP contribution is -1.96. The lowest BCUT2D eigenvalue weighted by molar-refractivity contribution is 0.411. The molecule has 3 nitrogen and oxygen atoms in total. The van der Waals surface area contributed by atoms with Gasteiger partial charge in [0.1, 0.15) is 6.07 Å². The number of nitriles is 1. The molecule has 0 fully saturated rings. The Balaban J connectivity index is 3.15. The molecular formula is C10H12N2O. The largest absolute Gasteiger partial charge is 0.494 e. The van der Waals surface area contributed by atoms with Crippen LogP contribution >= 0.6 is 0 Å². The summed E-state index contributed by atoms with van der Waals surface area (Å²) in [4.78, 5) is 4.18. The first-order chi connectivity index (χ1) is 6.19. The van der Waals surface area contributed by atoms with Crippen molar-refractivity contribution in [1.82, 2.24) is 4.98 Å². The SMILES string of the molecule is COc1cnc(C(C)C)cc1C#N. The third kappa shape index (κ3) is 1.97. The third-order valence-electron chi connectivity index (χ3n) is 1.82. The number of hydrogen-bond acceptors (Lipinski definition) is 3. The number of nitrogens with zero attached hydrogens (tertiary/aromatic N) is 2. The molecule has 68 valence electrons. The Morgan fingerprint density at radius 1 is 1.54 bits per heavy atom. The molecule has 1 heterocycles. The van der Waals surface area contributed by atoms with Gasteiger partial charge in [0.05, 0.1) is 18.9 Å². The molecule has 0 aliphatic rings. The van der Waals surface area contributed by atoms with Crippen molar-refractivity contribution in [2.24, 2.45) is 0 Å². The maximum atomic E-state index is 8.80. The number of aromatic nitrogens is 1. The molecule has 0 aliphatic heterocycles. The van der Waals surface area contributed by atoms with Crippen LogP contribution in [0.1, 0.15) is 31.0 Å². The molecule has 0 bridgehead atoms. The highest BCUT2D eigenvalue weighted by atomic mass is 16.5. The fourth-order valence-corrected chi connectivity index (χ4v) is 1.02. The zero-order valence-electron chi connectivity index (χ0n) is 8.03. The number of hydrogen-bond donors (Lipinski definition) is 0. The summed E-state index contributed by atoms with van der Waals surface area (Å²) in [5.74, 6) is 0.866. The summed E-state index contributed by atoms with van der Waals surface area (Å²) in [7, 11) is 1.53. The van der Waals surface area contributed by atoms with E-state index in [0.717, 1.165) is 5.69 Å². The van der Waals surface area contributed by atoms with Crippen molar-refractivity contribution in [3.05, 3.63) is 23.5 Å². The van der Waals surface area contributed by atoms with Gasteiger partial charge in [-0.25, -0.2) is 0 Å².